The Kier molecular flexibility index (Phi) is 5.33. The van der Waals surface area contributed by atoms with Gasteiger partial charge in [-0.05, 0) is 12.1 Å². The van der Waals surface area contributed by atoms with Gasteiger partial charge in [-0.1, -0.05) is 0 Å². The number of anilines is 1. The summed E-state index contributed by atoms with van der Waals surface area (Å²) in [6.07, 6.45) is 0. The van der Waals surface area contributed by atoms with Gasteiger partial charge in [0.25, 0.3) is 0 Å². The fourth-order valence-electron chi connectivity index (χ4n) is 3.24. The molecule has 11 heteroatoms. The lowest BCUT2D eigenvalue weighted by Crippen LogP contribution is -2.49. The maximum atomic E-state index is 13.1. The fraction of sp³-hybridized carbons (Fsp3) is 0.444. The van der Waals surface area contributed by atoms with Gasteiger partial charge in [0.05, 0.1) is 19.1 Å². The average molecular weight is 422 g/mol. The van der Waals surface area contributed by atoms with Gasteiger partial charge in [-0.15, -0.1) is 0 Å². The second-order valence-corrected chi connectivity index (χ2v) is 8.39. The highest BCUT2D eigenvalue weighted by Gasteiger charge is 2.30. The Hall–Kier alpha value is -2.79. The average Bonchev–Trinajstić information content (AvgIpc) is 2.78. The van der Waals surface area contributed by atoms with E-state index in [9.17, 15) is 8.42 Å². The van der Waals surface area contributed by atoms with E-state index >= 15 is 0 Å². The van der Waals surface area contributed by atoms with Crippen molar-refractivity contribution in [1.29, 1.82) is 0 Å². The number of hydrogen-bond acceptors (Lipinski definition) is 9. The van der Waals surface area contributed by atoms with Crippen LogP contribution in [-0.4, -0.2) is 76.3 Å². The molecule has 29 heavy (non-hydrogen) atoms. The molecule has 1 fully saturated rings. The van der Waals surface area contributed by atoms with Crippen molar-refractivity contribution in [2.24, 2.45) is 0 Å². The summed E-state index contributed by atoms with van der Waals surface area (Å²) in [4.78, 5) is 10.6. The maximum absolute atomic E-state index is 13.1. The number of aromatic nitrogens is 2. The van der Waals surface area contributed by atoms with E-state index in [2.05, 4.69) is 9.97 Å². The maximum Gasteiger partial charge on any atom is 0.321 e. The number of methoxy groups -OCH3 is 2. The van der Waals surface area contributed by atoms with Crippen LogP contribution in [0.3, 0.4) is 0 Å². The van der Waals surface area contributed by atoms with Crippen LogP contribution in [0.2, 0.25) is 0 Å². The van der Waals surface area contributed by atoms with Crippen LogP contribution in [0, 0.1) is 0 Å². The van der Waals surface area contributed by atoms with Gasteiger partial charge in [0.15, 0.2) is 11.5 Å². The van der Waals surface area contributed by atoms with Crippen molar-refractivity contribution in [2.75, 3.05) is 58.5 Å². The molecule has 0 spiro atoms. The molecule has 2 aliphatic rings. The molecule has 156 valence electrons. The minimum absolute atomic E-state index is 0.195. The quantitative estimate of drug-likeness (QED) is 0.691. The number of sulfonamides is 1. The van der Waals surface area contributed by atoms with Crippen LogP contribution in [0.4, 0.5) is 5.82 Å². The van der Waals surface area contributed by atoms with E-state index in [1.165, 1.54) is 24.6 Å². The summed E-state index contributed by atoms with van der Waals surface area (Å²) < 4.78 is 48.9. The highest BCUT2D eigenvalue weighted by molar-refractivity contribution is 7.89. The van der Waals surface area contributed by atoms with Gasteiger partial charge in [0.1, 0.15) is 19.0 Å². The summed E-state index contributed by atoms with van der Waals surface area (Å²) in [5.41, 5.74) is 0. The van der Waals surface area contributed by atoms with Crippen LogP contribution < -0.4 is 23.8 Å². The molecule has 1 saturated heterocycles. The lowest BCUT2D eigenvalue weighted by Gasteiger charge is -2.34. The second-order valence-electron chi connectivity index (χ2n) is 6.45. The zero-order valence-electron chi connectivity index (χ0n) is 16.2. The molecule has 10 nitrogen and oxygen atoms in total. The molecule has 0 N–H and O–H groups in total. The number of ether oxygens (including phenoxy) is 4. The molecule has 0 atom stereocenters. The van der Waals surface area contributed by atoms with Crippen LogP contribution in [-0.2, 0) is 10.0 Å². The smallest absolute Gasteiger partial charge is 0.321 e. The van der Waals surface area contributed by atoms with Crippen LogP contribution in [0.25, 0.3) is 0 Å². The molecule has 0 bridgehead atoms. The molecule has 0 unspecified atom stereocenters. The van der Waals surface area contributed by atoms with Crippen molar-refractivity contribution in [2.45, 2.75) is 4.90 Å². The molecule has 0 saturated carbocycles. The molecular formula is C18H22N4O6S. The van der Waals surface area contributed by atoms with Crippen molar-refractivity contribution < 1.29 is 27.4 Å². The van der Waals surface area contributed by atoms with Crippen LogP contribution in [0.5, 0.6) is 23.4 Å². The number of fused-ring (bicyclic) bond motifs is 1. The Labute approximate surface area is 169 Å². The lowest BCUT2D eigenvalue weighted by atomic mass is 10.3. The van der Waals surface area contributed by atoms with Crippen LogP contribution in [0.15, 0.2) is 29.2 Å². The Morgan fingerprint density at radius 3 is 2.34 bits per heavy atom. The van der Waals surface area contributed by atoms with Crippen LogP contribution >= 0.6 is 0 Å². The number of nitrogens with zero attached hydrogens (tertiary/aromatic N) is 4. The molecule has 0 radical (unpaired) electrons. The fourth-order valence-corrected chi connectivity index (χ4v) is 4.68. The van der Waals surface area contributed by atoms with Crippen molar-refractivity contribution in [1.82, 2.24) is 14.3 Å². The van der Waals surface area contributed by atoms with Gasteiger partial charge < -0.3 is 23.8 Å². The summed E-state index contributed by atoms with van der Waals surface area (Å²) in [5.74, 6) is 2.03. The predicted molar refractivity (Wildman–Crippen MR) is 104 cm³/mol. The summed E-state index contributed by atoms with van der Waals surface area (Å²) in [5, 5.41) is 0. The molecule has 0 amide bonds. The topological polar surface area (TPSA) is 103 Å². The van der Waals surface area contributed by atoms with Gasteiger partial charge >= 0.3 is 6.01 Å². The minimum Gasteiger partial charge on any atom is -0.486 e. The Morgan fingerprint density at radius 1 is 0.931 bits per heavy atom. The van der Waals surface area contributed by atoms with Gasteiger partial charge in [0, 0.05) is 38.3 Å². The molecule has 2 aromatic rings. The van der Waals surface area contributed by atoms with E-state index in [1.807, 2.05) is 4.90 Å². The number of rotatable bonds is 5. The van der Waals surface area contributed by atoms with E-state index in [4.69, 9.17) is 18.9 Å². The molecule has 1 aromatic heterocycles. The van der Waals surface area contributed by atoms with E-state index < -0.39 is 10.0 Å². The standard InChI is InChI=1S/C18H22N4O6S/c1-25-17-12-16(19-18(20-17)26-2)21-5-7-22(8-6-21)29(23,24)13-3-4-14-15(11-13)28-10-9-27-14/h3-4,11-12H,5-10H2,1-2H3. The summed E-state index contributed by atoms with van der Waals surface area (Å²) in [7, 11) is -0.638. The minimum atomic E-state index is -3.64. The Bertz CT molecular complexity index is 970. The Morgan fingerprint density at radius 2 is 1.66 bits per heavy atom. The highest BCUT2D eigenvalue weighted by Crippen LogP contribution is 2.33. The largest absolute Gasteiger partial charge is 0.486 e. The van der Waals surface area contributed by atoms with Crippen LogP contribution in [0.1, 0.15) is 0 Å². The number of hydrogen-bond donors (Lipinski definition) is 0. The highest BCUT2D eigenvalue weighted by atomic mass is 32.2. The van der Waals surface area contributed by atoms with Gasteiger partial charge in [-0.3, -0.25) is 0 Å². The lowest BCUT2D eigenvalue weighted by molar-refractivity contribution is 0.171. The van der Waals surface area contributed by atoms with E-state index in [-0.39, 0.29) is 10.9 Å². The summed E-state index contributed by atoms with van der Waals surface area (Å²) in [6, 6.07) is 6.61. The van der Waals surface area contributed by atoms with Gasteiger partial charge in [-0.25, -0.2) is 8.42 Å². The number of benzene rings is 1. The molecule has 3 heterocycles. The zero-order chi connectivity index (χ0) is 20.4. The molecular weight excluding hydrogens is 400 g/mol. The molecule has 2 aliphatic heterocycles. The summed E-state index contributed by atoms with van der Waals surface area (Å²) in [6.45, 7) is 2.47. The molecule has 1 aromatic carbocycles. The van der Waals surface area contributed by atoms with Crippen molar-refractivity contribution in [3.05, 3.63) is 24.3 Å². The third kappa shape index (κ3) is 3.87. The van der Waals surface area contributed by atoms with E-state index in [0.29, 0.717) is 62.6 Å². The molecule has 0 aliphatic carbocycles. The van der Waals surface area contributed by atoms with Gasteiger partial charge in [0.2, 0.25) is 15.9 Å². The second kappa shape index (κ2) is 7.91. The van der Waals surface area contributed by atoms with E-state index in [0.717, 1.165) is 0 Å². The van der Waals surface area contributed by atoms with Crippen molar-refractivity contribution in [3.8, 4) is 23.4 Å². The first kappa shape index (κ1) is 19.5. The zero-order valence-corrected chi connectivity index (χ0v) is 17.0. The predicted octanol–water partition coefficient (Wildman–Crippen LogP) is 0.776. The third-order valence-corrected chi connectivity index (χ3v) is 6.67. The van der Waals surface area contributed by atoms with Crippen molar-refractivity contribution >= 4 is 15.8 Å². The molecule has 4 rings (SSSR count). The summed E-state index contributed by atoms with van der Waals surface area (Å²) >= 11 is 0. The first-order valence-corrected chi connectivity index (χ1v) is 10.6. The van der Waals surface area contributed by atoms with Crippen molar-refractivity contribution in [3.63, 3.8) is 0 Å². The first-order chi connectivity index (χ1) is 14.0. The monoisotopic (exact) mass is 422 g/mol. The van der Waals surface area contributed by atoms with E-state index in [1.54, 1.807) is 18.2 Å². The SMILES string of the molecule is COc1cc(N2CCN(S(=O)(=O)c3ccc4c(c3)OCCO4)CC2)nc(OC)n1. The first-order valence-electron chi connectivity index (χ1n) is 9.13. The van der Waals surface area contributed by atoms with Gasteiger partial charge in [-0.2, -0.15) is 14.3 Å². The normalized spacial score (nSPS) is 17.1. The number of piperazine rings is 1. The third-order valence-electron chi connectivity index (χ3n) is 4.77. The Balaban J connectivity index is 1.49.